The average Bonchev–Trinajstić information content (AvgIpc) is 3.11. The number of methoxy groups -OCH3 is 4. The third-order valence-corrected chi connectivity index (χ3v) is 10.3. The summed E-state index contributed by atoms with van der Waals surface area (Å²) in [5, 5.41) is 14.9. The number of hydrogen-bond acceptors (Lipinski definition) is 9. The van der Waals surface area contributed by atoms with E-state index in [-0.39, 0.29) is 30.1 Å². The topological polar surface area (TPSA) is 109 Å². The van der Waals surface area contributed by atoms with Crippen LogP contribution < -0.4 is 24.3 Å². The van der Waals surface area contributed by atoms with Crippen molar-refractivity contribution in [2.24, 2.45) is 0 Å². The van der Waals surface area contributed by atoms with Crippen molar-refractivity contribution in [3.05, 3.63) is 94.7 Å². The number of carbonyl (C=O) groups excluding carboxylic acids is 1. The monoisotopic (exact) mass is 645 g/mol. The number of para-hydroxylation sites is 1. The fourth-order valence-electron chi connectivity index (χ4n) is 8.07. The second kappa shape index (κ2) is 12.8. The molecule has 3 aliphatic rings. The Kier molecular flexibility index (Phi) is 8.42. The minimum atomic E-state index is -0.431. The van der Waals surface area contributed by atoms with Gasteiger partial charge in [0, 0.05) is 36.3 Å². The molecule has 4 aromatic rings. The number of piperazine rings is 1. The predicted molar refractivity (Wildman–Crippen MR) is 182 cm³/mol. The molecule has 1 fully saturated rings. The Morgan fingerprint density at radius 1 is 0.917 bits per heavy atom. The van der Waals surface area contributed by atoms with Crippen LogP contribution in [-0.4, -0.2) is 80.8 Å². The molecule has 5 atom stereocenters. The van der Waals surface area contributed by atoms with E-state index in [1.54, 1.807) is 40.7 Å². The molecular weight excluding hydrogens is 606 g/mol. The van der Waals surface area contributed by atoms with Gasteiger partial charge in [-0.3, -0.25) is 19.6 Å². The standard InChI is InChI=1S/C38H39N5O5/c1-42-29-14-24-17-34(46-3)36(48-5)19-27(24)38(42)30-15-23-16-33(45-2)35(47-4)18-26(23)32(43(30)31(29)20-39)21-41-37(44)11-10-22-12-13-40-28-9-7-6-8-25(22)28/h6-13,16-19,29-32,38H,14-15,21H2,1-5H3,(H,41,44)/b11-10+/t29-,30-,31-,32-,38+/m0/s1. The van der Waals surface area contributed by atoms with Crippen LogP contribution in [0.4, 0.5) is 0 Å². The smallest absolute Gasteiger partial charge is 0.244 e. The number of amides is 1. The fourth-order valence-corrected chi connectivity index (χ4v) is 8.07. The molecule has 1 saturated heterocycles. The van der Waals surface area contributed by atoms with E-state index in [0.29, 0.717) is 42.4 Å². The zero-order valence-electron chi connectivity index (χ0n) is 27.8. The summed E-state index contributed by atoms with van der Waals surface area (Å²) >= 11 is 0. The summed E-state index contributed by atoms with van der Waals surface area (Å²) in [5.41, 5.74) is 6.23. The maximum absolute atomic E-state index is 13.4. The summed E-state index contributed by atoms with van der Waals surface area (Å²) in [5.74, 6) is 2.40. The Hall–Kier alpha value is -5.11. The van der Waals surface area contributed by atoms with Crippen LogP contribution in [0.5, 0.6) is 23.0 Å². The van der Waals surface area contributed by atoms with E-state index in [1.165, 1.54) is 0 Å². The SMILES string of the molecule is COc1cc2c(cc1OC)[C@@H]1[C@@H]3Cc4cc(OC)c(OC)cc4[C@H](CNC(=O)/C=C/c4ccnc5ccccc45)N3[C@@H](C#N)[C@H](C2)N1C. The van der Waals surface area contributed by atoms with Gasteiger partial charge in [-0.15, -0.1) is 0 Å². The number of carbonyl (C=O) groups is 1. The highest BCUT2D eigenvalue weighted by atomic mass is 16.5. The second-order valence-corrected chi connectivity index (χ2v) is 12.5. The van der Waals surface area contributed by atoms with Crippen LogP contribution in [0.1, 0.15) is 39.9 Å². The molecule has 7 rings (SSSR count). The van der Waals surface area contributed by atoms with Crippen molar-refractivity contribution >= 4 is 22.9 Å². The molecule has 0 radical (unpaired) electrons. The lowest BCUT2D eigenvalue weighted by Gasteiger charge is -2.60. The third kappa shape index (κ3) is 5.20. The highest BCUT2D eigenvalue weighted by molar-refractivity contribution is 5.95. The van der Waals surface area contributed by atoms with Crippen molar-refractivity contribution in [1.82, 2.24) is 20.1 Å². The molecule has 0 aliphatic carbocycles. The van der Waals surface area contributed by atoms with Crippen LogP contribution in [0.15, 0.2) is 66.9 Å². The summed E-state index contributed by atoms with van der Waals surface area (Å²) < 4.78 is 22.8. The summed E-state index contributed by atoms with van der Waals surface area (Å²) in [6.45, 7) is 0.305. The molecule has 246 valence electrons. The molecule has 10 nitrogen and oxygen atoms in total. The average molecular weight is 646 g/mol. The Balaban J connectivity index is 1.27. The molecular formula is C38H39N5O5. The molecule has 4 heterocycles. The van der Waals surface area contributed by atoms with Gasteiger partial charge in [-0.1, -0.05) is 18.2 Å². The lowest BCUT2D eigenvalue weighted by molar-refractivity contribution is -0.117. The van der Waals surface area contributed by atoms with Gasteiger partial charge < -0.3 is 24.3 Å². The predicted octanol–water partition coefficient (Wildman–Crippen LogP) is 4.87. The number of benzene rings is 3. The number of ether oxygens (including phenoxy) is 4. The molecule has 10 heteroatoms. The molecule has 0 saturated carbocycles. The Morgan fingerprint density at radius 2 is 1.54 bits per heavy atom. The number of pyridine rings is 1. The lowest BCUT2D eigenvalue weighted by Crippen LogP contribution is -2.68. The zero-order chi connectivity index (χ0) is 33.5. The van der Waals surface area contributed by atoms with Crippen LogP contribution in [0.2, 0.25) is 0 Å². The van der Waals surface area contributed by atoms with Gasteiger partial charge in [-0.25, -0.2) is 0 Å². The Bertz CT molecular complexity index is 1950. The highest BCUT2D eigenvalue weighted by Gasteiger charge is 2.54. The van der Waals surface area contributed by atoms with Gasteiger partial charge in [0.2, 0.25) is 5.91 Å². The third-order valence-electron chi connectivity index (χ3n) is 10.3. The van der Waals surface area contributed by atoms with Gasteiger partial charge in [-0.05, 0) is 90.2 Å². The maximum atomic E-state index is 13.4. The van der Waals surface area contributed by atoms with Crippen LogP contribution >= 0.6 is 0 Å². The van der Waals surface area contributed by atoms with Gasteiger partial charge >= 0.3 is 0 Å². The van der Waals surface area contributed by atoms with Gasteiger partial charge in [0.1, 0.15) is 6.04 Å². The quantitative estimate of drug-likeness (QED) is 0.269. The van der Waals surface area contributed by atoms with Gasteiger partial charge in [0.05, 0.1) is 52.1 Å². The number of hydrogen-bond donors (Lipinski definition) is 1. The minimum absolute atomic E-state index is 0.0255. The van der Waals surface area contributed by atoms with E-state index < -0.39 is 6.04 Å². The van der Waals surface area contributed by atoms with E-state index in [2.05, 4.69) is 45.4 Å². The molecule has 1 N–H and O–H groups in total. The van der Waals surface area contributed by atoms with Gasteiger partial charge in [-0.2, -0.15) is 5.26 Å². The fraction of sp³-hybridized carbons (Fsp3) is 0.342. The van der Waals surface area contributed by atoms with E-state index in [0.717, 1.165) is 38.7 Å². The molecule has 1 aromatic heterocycles. The molecule has 2 bridgehead atoms. The zero-order valence-corrected chi connectivity index (χ0v) is 27.8. The normalized spacial score (nSPS) is 23.0. The van der Waals surface area contributed by atoms with Crippen LogP contribution in [0.25, 0.3) is 17.0 Å². The van der Waals surface area contributed by atoms with Crippen molar-refractivity contribution in [2.45, 2.75) is 43.1 Å². The summed E-state index contributed by atoms with van der Waals surface area (Å²) in [7, 11) is 8.67. The molecule has 1 amide bonds. The van der Waals surface area contributed by atoms with E-state index >= 15 is 0 Å². The first-order chi connectivity index (χ1) is 23.4. The lowest BCUT2D eigenvalue weighted by atomic mass is 9.72. The number of nitrogens with one attached hydrogen (secondary N) is 1. The molecule has 3 aliphatic heterocycles. The number of aromatic nitrogens is 1. The van der Waals surface area contributed by atoms with Crippen molar-refractivity contribution in [2.75, 3.05) is 42.0 Å². The first kappa shape index (κ1) is 31.5. The van der Waals surface area contributed by atoms with Crippen molar-refractivity contribution in [3.8, 4) is 29.1 Å². The van der Waals surface area contributed by atoms with Gasteiger partial charge in [0.15, 0.2) is 23.0 Å². The van der Waals surface area contributed by atoms with Crippen LogP contribution in [0, 0.1) is 11.3 Å². The maximum Gasteiger partial charge on any atom is 0.244 e. The van der Waals surface area contributed by atoms with Crippen molar-refractivity contribution in [3.63, 3.8) is 0 Å². The number of likely N-dealkylation sites (N-methyl/N-ethyl adjacent to an activating group) is 1. The van der Waals surface area contributed by atoms with E-state index in [1.807, 2.05) is 48.5 Å². The summed E-state index contributed by atoms with van der Waals surface area (Å²) in [6.07, 6.45) is 6.50. The number of nitriles is 1. The number of nitrogens with zero attached hydrogens (tertiary/aromatic N) is 4. The summed E-state index contributed by atoms with van der Waals surface area (Å²) in [6, 6.07) is 19.7. The van der Waals surface area contributed by atoms with Crippen molar-refractivity contribution < 1.29 is 23.7 Å². The van der Waals surface area contributed by atoms with E-state index in [9.17, 15) is 10.1 Å². The Labute approximate surface area is 280 Å². The minimum Gasteiger partial charge on any atom is -0.493 e. The summed E-state index contributed by atoms with van der Waals surface area (Å²) in [4.78, 5) is 22.5. The first-order valence-electron chi connectivity index (χ1n) is 16.1. The number of rotatable bonds is 8. The molecule has 0 unspecified atom stereocenters. The first-order valence-corrected chi connectivity index (χ1v) is 16.1. The van der Waals surface area contributed by atoms with E-state index in [4.69, 9.17) is 18.9 Å². The highest BCUT2D eigenvalue weighted by Crippen LogP contribution is 2.52. The largest absolute Gasteiger partial charge is 0.493 e. The Morgan fingerprint density at radius 3 is 2.23 bits per heavy atom. The second-order valence-electron chi connectivity index (χ2n) is 12.5. The van der Waals surface area contributed by atoms with Crippen molar-refractivity contribution in [1.29, 1.82) is 5.26 Å². The molecule has 3 aromatic carbocycles. The van der Waals surface area contributed by atoms with Gasteiger partial charge in [0.25, 0.3) is 0 Å². The van der Waals surface area contributed by atoms with Crippen LogP contribution in [0.3, 0.4) is 0 Å². The van der Waals surface area contributed by atoms with Crippen LogP contribution in [-0.2, 0) is 17.6 Å². The molecule has 48 heavy (non-hydrogen) atoms. The number of fused-ring (bicyclic) bond motifs is 8. The molecule has 0 spiro atoms.